The Kier molecular flexibility index (Phi) is 3.57. The number of nitrogens with one attached hydrogen (secondary N) is 1. The quantitative estimate of drug-likeness (QED) is 0.819. The van der Waals surface area contributed by atoms with Gasteiger partial charge in [-0.2, -0.15) is 13.2 Å². The maximum atomic E-state index is 12.2. The van der Waals surface area contributed by atoms with Gasteiger partial charge in [-0.1, -0.05) is 6.07 Å². The highest BCUT2D eigenvalue weighted by molar-refractivity contribution is 6.64. The lowest BCUT2D eigenvalue weighted by Gasteiger charge is -2.09. The van der Waals surface area contributed by atoms with Gasteiger partial charge < -0.3 is 5.32 Å². The van der Waals surface area contributed by atoms with E-state index in [0.29, 0.717) is 0 Å². The zero-order valence-electron chi connectivity index (χ0n) is 7.44. The molecule has 1 aromatic carbocycles. The van der Waals surface area contributed by atoms with Crippen LogP contribution in [0, 0.1) is 0 Å². The first-order valence-corrected chi connectivity index (χ1v) is 4.37. The van der Waals surface area contributed by atoms with Crippen LogP contribution in [0.2, 0.25) is 0 Å². The van der Waals surface area contributed by atoms with E-state index < -0.39 is 17.0 Å². The molecular weight excluding hydrogens is 231 g/mol. The van der Waals surface area contributed by atoms with Crippen LogP contribution in [0.25, 0.3) is 0 Å². The summed E-state index contributed by atoms with van der Waals surface area (Å²) in [7, 11) is 0. The summed E-state index contributed by atoms with van der Waals surface area (Å²) in [6.45, 7) is -0.205. The van der Waals surface area contributed by atoms with Crippen LogP contribution in [0.15, 0.2) is 24.3 Å². The van der Waals surface area contributed by atoms with E-state index in [0.717, 1.165) is 12.1 Å². The lowest BCUT2D eigenvalue weighted by Crippen LogP contribution is -2.10. The average molecular weight is 238 g/mol. The van der Waals surface area contributed by atoms with Crippen LogP contribution in [-0.4, -0.2) is 11.8 Å². The van der Waals surface area contributed by atoms with Gasteiger partial charge in [0.1, 0.15) is 0 Å². The Morgan fingerprint density at radius 2 is 2.07 bits per heavy atom. The first kappa shape index (κ1) is 11.8. The van der Waals surface area contributed by atoms with Crippen LogP contribution < -0.4 is 5.32 Å². The van der Waals surface area contributed by atoms with Crippen molar-refractivity contribution in [3.05, 3.63) is 29.8 Å². The highest BCUT2D eigenvalue weighted by atomic mass is 35.5. The second-order valence-electron chi connectivity index (χ2n) is 2.79. The topological polar surface area (TPSA) is 29.1 Å². The summed E-state index contributed by atoms with van der Waals surface area (Å²) in [6.07, 6.45) is -4.39. The SMILES string of the molecule is O=C(Cl)CNc1cccc(C(F)(F)F)c1. The second-order valence-corrected chi connectivity index (χ2v) is 3.21. The van der Waals surface area contributed by atoms with Crippen LogP contribution in [0.1, 0.15) is 5.56 Å². The molecule has 0 unspecified atom stereocenters. The minimum atomic E-state index is -4.39. The summed E-state index contributed by atoms with van der Waals surface area (Å²) in [5.74, 6) is 0. The van der Waals surface area contributed by atoms with E-state index in [9.17, 15) is 18.0 Å². The van der Waals surface area contributed by atoms with Crippen molar-refractivity contribution in [2.24, 2.45) is 0 Å². The summed E-state index contributed by atoms with van der Waals surface area (Å²) in [6, 6.07) is 4.55. The van der Waals surface area contributed by atoms with E-state index in [1.54, 1.807) is 0 Å². The molecule has 0 aliphatic carbocycles. The molecule has 0 fully saturated rings. The number of anilines is 1. The van der Waals surface area contributed by atoms with Crippen LogP contribution in [0.3, 0.4) is 0 Å². The van der Waals surface area contributed by atoms with E-state index in [1.165, 1.54) is 12.1 Å². The van der Waals surface area contributed by atoms with Gasteiger partial charge in [0, 0.05) is 5.69 Å². The normalized spacial score (nSPS) is 11.2. The zero-order valence-corrected chi connectivity index (χ0v) is 8.19. The summed E-state index contributed by atoms with van der Waals surface area (Å²) in [5, 5.41) is 1.82. The molecule has 2 nitrogen and oxygen atoms in total. The molecule has 1 rings (SSSR count). The fraction of sp³-hybridized carbons (Fsp3) is 0.222. The Bertz CT molecular complexity index is 365. The third-order valence-electron chi connectivity index (χ3n) is 1.62. The summed E-state index contributed by atoms with van der Waals surface area (Å²) in [5.41, 5.74) is -0.562. The van der Waals surface area contributed by atoms with Crippen molar-refractivity contribution in [1.82, 2.24) is 0 Å². The van der Waals surface area contributed by atoms with Gasteiger partial charge >= 0.3 is 6.18 Å². The van der Waals surface area contributed by atoms with Gasteiger partial charge in [0.15, 0.2) is 0 Å². The lowest BCUT2D eigenvalue weighted by molar-refractivity contribution is -0.137. The van der Waals surface area contributed by atoms with Crippen molar-refractivity contribution >= 4 is 22.5 Å². The van der Waals surface area contributed by atoms with Gasteiger partial charge in [0.05, 0.1) is 12.1 Å². The van der Waals surface area contributed by atoms with Crippen LogP contribution >= 0.6 is 11.6 Å². The van der Waals surface area contributed by atoms with Gasteiger partial charge in [-0.25, -0.2) is 0 Å². The molecule has 0 saturated carbocycles. The molecule has 0 amide bonds. The number of rotatable bonds is 3. The molecule has 0 aromatic heterocycles. The molecule has 0 atom stereocenters. The fourth-order valence-electron chi connectivity index (χ4n) is 0.977. The molecule has 0 spiro atoms. The van der Waals surface area contributed by atoms with Crippen LogP contribution in [0.4, 0.5) is 18.9 Å². The highest BCUT2D eigenvalue weighted by Gasteiger charge is 2.30. The Balaban J connectivity index is 2.79. The monoisotopic (exact) mass is 237 g/mol. The Labute approximate surface area is 89.0 Å². The molecule has 0 heterocycles. The van der Waals surface area contributed by atoms with E-state index >= 15 is 0 Å². The number of benzene rings is 1. The molecule has 0 saturated heterocycles. The third kappa shape index (κ3) is 3.79. The predicted molar refractivity (Wildman–Crippen MR) is 50.8 cm³/mol. The summed E-state index contributed by atoms with van der Waals surface area (Å²) < 4.78 is 36.7. The van der Waals surface area contributed by atoms with Crippen molar-refractivity contribution in [1.29, 1.82) is 0 Å². The fourth-order valence-corrected chi connectivity index (χ4v) is 1.04. The molecule has 0 bridgehead atoms. The highest BCUT2D eigenvalue weighted by Crippen LogP contribution is 2.30. The second kappa shape index (κ2) is 4.53. The first-order valence-electron chi connectivity index (χ1n) is 3.99. The summed E-state index contributed by atoms with van der Waals surface area (Å²) >= 11 is 5.03. The van der Waals surface area contributed by atoms with Gasteiger partial charge in [0.2, 0.25) is 5.24 Å². The van der Waals surface area contributed by atoms with Crippen LogP contribution in [-0.2, 0) is 11.0 Å². The van der Waals surface area contributed by atoms with Crippen molar-refractivity contribution in [3.63, 3.8) is 0 Å². The van der Waals surface area contributed by atoms with Gasteiger partial charge in [-0.05, 0) is 29.8 Å². The smallest absolute Gasteiger partial charge is 0.377 e. The molecule has 82 valence electrons. The lowest BCUT2D eigenvalue weighted by atomic mass is 10.2. The standard InChI is InChI=1S/C9H7ClF3NO/c10-8(15)5-14-7-3-1-2-6(4-7)9(11,12)13/h1-4,14H,5H2. The number of carbonyl (C=O) groups excluding carboxylic acids is 1. The van der Waals surface area contributed by atoms with Gasteiger partial charge in [-0.15, -0.1) is 0 Å². The molecule has 0 aliphatic heterocycles. The molecule has 0 aliphatic rings. The molecule has 0 radical (unpaired) electrons. The molecule has 15 heavy (non-hydrogen) atoms. The number of carbonyl (C=O) groups is 1. The van der Waals surface area contributed by atoms with E-state index in [2.05, 4.69) is 5.32 Å². The minimum Gasteiger partial charge on any atom is -0.377 e. The number of halogens is 4. The van der Waals surface area contributed by atoms with Gasteiger partial charge in [0.25, 0.3) is 0 Å². The maximum absolute atomic E-state index is 12.2. The number of hydrogen-bond donors (Lipinski definition) is 1. The minimum absolute atomic E-state index is 0.205. The third-order valence-corrected chi connectivity index (χ3v) is 1.76. The maximum Gasteiger partial charge on any atom is 0.416 e. The largest absolute Gasteiger partial charge is 0.416 e. The number of alkyl halides is 3. The molecule has 6 heteroatoms. The molecule has 1 aromatic rings. The van der Waals surface area contributed by atoms with Gasteiger partial charge in [-0.3, -0.25) is 4.79 Å². The van der Waals surface area contributed by atoms with Crippen molar-refractivity contribution in [3.8, 4) is 0 Å². The molecular formula is C9H7ClF3NO. The van der Waals surface area contributed by atoms with E-state index in [4.69, 9.17) is 11.6 Å². The zero-order chi connectivity index (χ0) is 11.5. The summed E-state index contributed by atoms with van der Waals surface area (Å²) in [4.78, 5) is 10.4. The molecule has 1 N–H and O–H groups in total. The Morgan fingerprint density at radius 1 is 1.40 bits per heavy atom. The van der Waals surface area contributed by atoms with E-state index in [-0.39, 0.29) is 12.2 Å². The van der Waals surface area contributed by atoms with Crippen LogP contribution in [0.5, 0.6) is 0 Å². The van der Waals surface area contributed by atoms with Crippen molar-refractivity contribution < 1.29 is 18.0 Å². The first-order chi connectivity index (χ1) is 6.89. The average Bonchev–Trinajstić information content (AvgIpc) is 2.14. The predicted octanol–water partition coefficient (Wildman–Crippen LogP) is 2.88. The Hall–Kier alpha value is -1.23. The Morgan fingerprint density at radius 3 is 2.60 bits per heavy atom. The van der Waals surface area contributed by atoms with Crippen molar-refractivity contribution in [2.45, 2.75) is 6.18 Å². The van der Waals surface area contributed by atoms with E-state index in [1.807, 2.05) is 0 Å². The number of hydrogen-bond acceptors (Lipinski definition) is 2. The van der Waals surface area contributed by atoms with Crippen molar-refractivity contribution in [2.75, 3.05) is 11.9 Å².